The zero-order valence-corrected chi connectivity index (χ0v) is 20.2. The topological polar surface area (TPSA) is 50.7 Å². The minimum absolute atomic E-state index is 0.238. The predicted octanol–water partition coefficient (Wildman–Crippen LogP) is 7.02. The van der Waals surface area contributed by atoms with Crippen molar-refractivity contribution in [3.8, 4) is 5.75 Å². The molecular weight excluding hydrogens is 496 g/mol. The number of carbonyl (C=O) groups excluding carboxylic acids is 1. The molecule has 1 N–H and O–H groups in total. The minimum Gasteiger partial charge on any atom is -0.491 e. The molecule has 2 rings (SSSR count). The third-order valence-electron chi connectivity index (χ3n) is 4.46. The van der Waals surface area contributed by atoms with E-state index >= 15 is 0 Å². The molecule has 0 aromatic heterocycles. The maximum absolute atomic E-state index is 12.1. The second-order valence-electron chi connectivity index (χ2n) is 7.00. The molecule has 0 saturated heterocycles. The number of unbranched alkanes of at least 4 members (excludes halogenated alkanes) is 5. The Kier molecular flexibility index (Phi) is 10.4. The van der Waals surface area contributed by atoms with Gasteiger partial charge in [0.25, 0.3) is 5.91 Å². The molecule has 0 unspecified atom stereocenters. The first-order chi connectivity index (χ1) is 14.0. The van der Waals surface area contributed by atoms with Crippen molar-refractivity contribution >= 4 is 44.0 Å². The van der Waals surface area contributed by atoms with Crippen LogP contribution in [-0.4, -0.2) is 18.7 Å². The molecule has 0 aliphatic carbocycles. The monoisotopic (exact) mass is 522 g/mol. The van der Waals surface area contributed by atoms with Crippen LogP contribution >= 0.6 is 31.9 Å². The molecule has 0 radical (unpaired) electrons. The highest BCUT2D eigenvalue weighted by Gasteiger charge is 2.09. The van der Waals surface area contributed by atoms with Crippen molar-refractivity contribution in [3.05, 3.63) is 62.0 Å². The van der Waals surface area contributed by atoms with Gasteiger partial charge in [-0.1, -0.05) is 56.7 Å². The molecule has 0 bridgehead atoms. The first-order valence-electron chi connectivity index (χ1n) is 10.0. The summed E-state index contributed by atoms with van der Waals surface area (Å²) in [6, 6.07) is 11.2. The number of nitrogens with one attached hydrogen (secondary N) is 1. The van der Waals surface area contributed by atoms with E-state index in [0.29, 0.717) is 12.2 Å². The number of benzene rings is 2. The van der Waals surface area contributed by atoms with Gasteiger partial charge in [-0.3, -0.25) is 4.79 Å². The number of nitrogens with zero attached hydrogens (tertiary/aromatic N) is 1. The van der Waals surface area contributed by atoms with Crippen LogP contribution in [0, 0.1) is 6.92 Å². The summed E-state index contributed by atoms with van der Waals surface area (Å²) in [5.74, 6) is 0.553. The Hall–Kier alpha value is -1.66. The lowest BCUT2D eigenvalue weighted by Crippen LogP contribution is -2.17. The Morgan fingerprint density at radius 3 is 2.31 bits per heavy atom. The summed E-state index contributed by atoms with van der Waals surface area (Å²) in [5.41, 5.74) is 5.09. The normalized spacial score (nSPS) is 11.0. The summed E-state index contributed by atoms with van der Waals surface area (Å²) in [6.45, 7) is 4.91. The third-order valence-corrected chi connectivity index (χ3v) is 5.64. The van der Waals surface area contributed by atoms with Gasteiger partial charge in [-0.05, 0) is 75.0 Å². The number of carbonyl (C=O) groups is 1. The van der Waals surface area contributed by atoms with Gasteiger partial charge in [-0.2, -0.15) is 5.10 Å². The lowest BCUT2D eigenvalue weighted by molar-refractivity contribution is 0.0955. The number of ether oxygens (including phenoxy) is 1. The van der Waals surface area contributed by atoms with Gasteiger partial charge in [-0.15, -0.1) is 0 Å². The summed E-state index contributed by atoms with van der Waals surface area (Å²) < 4.78 is 7.63. The van der Waals surface area contributed by atoms with E-state index in [1.807, 2.05) is 31.2 Å². The Labute approximate surface area is 190 Å². The van der Waals surface area contributed by atoms with Gasteiger partial charge >= 0.3 is 0 Å². The van der Waals surface area contributed by atoms with Crippen LogP contribution in [0.2, 0.25) is 0 Å². The molecule has 0 atom stereocenters. The number of halogens is 2. The zero-order chi connectivity index (χ0) is 21.1. The molecule has 0 saturated carbocycles. The van der Waals surface area contributed by atoms with Gasteiger partial charge in [-0.25, -0.2) is 5.43 Å². The SMILES string of the molecule is CCCCCCCCOc1c(Br)cc(/C=N/NC(=O)c2ccc(C)cc2)cc1Br. The van der Waals surface area contributed by atoms with Crippen molar-refractivity contribution in [2.45, 2.75) is 52.4 Å². The predicted molar refractivity (Wildman–Crippen MR) is 127 cm³/mol. The fourth-order valence-electron chi connectivity index (χ4n) is 2.78. The number of rotatable bonds is 11. The minimum atomic E-state index is -0.238. The Morgan fingerprint density at radius 1 is 1.03 bits per heavy atom. The lowest BCUT2D eigenvalue weighted by atomic mass is 10.1. The fraction of sp³-hybridized carbons (Fsp3) is 0.391. The molecule has 2 aromatic carbocycles. The molecule has 0 aliphatic rings. The molecule has 29 heavy (non-hydrogen) atoms. The van der Waals surface area contributed by atoms with E-state index in [1.165, 1.54) is 32.1 Å². The van der Waals surface area contributed by atoms with Crippen LogP contribution in [0.4, 0.5) is 0 Å². The summed E-state index contributed by atoms with van der Waals surface area (Å²) in [4.78, 5) is 12.1. The van der Waals surface area contributed by atoms with Crippen LogP contribution in [0.25, 0.3) is 0 Å². The van der Waals surface area contributed by atoms with Crippen molar-refractivity contribution in [1.29, 1.82) is 0 Å². The number of aryl methyl sites for hydroxylation is 1. The molecule has 4 nitrogen and oxygen atoms in total. The smallest absolute Gasteiger partial charge is 0.271 e. The average Bonchev–Trinajstić information content (AvgIpc) is 2.69. The average molecular weight is 524 g/mol. The van der Waals surface area contributed by atoms with Gasteiger partial charge in [0.1, 0.15) is 5.75 Å². The highest BCUT2D eigenvalue weighted by molar-refractivity contribution is 9.11. The molecule has 6 heteroatoms. The van der Waals surface area contributed by atoms with Crippen LogP contribution in [-0.2, 0) is 0 Å². The van der Waals surface area contributed by atoms with Crippen molar-refractivity contribution in [3.63, 3.8) is 0 Å². The molecule has 0 aliphatic heterocycles. The molecule has 0 spiro atoms. The number of amides is 1. The van der Waals surface area contributed by atoms with E-state index in [4.69, 9.17) is 4.74 Å². The largest absolute Gasteiger partial charge is 0.491 e. The number of hydrogen-bond donors (Lipinski definition) is 1. The molecule has 0 fully saturated rings. The van der Waals surface area contributed by atoms with Crippen LogP contribution in [0.15, 0.2) is 50.4 Å². The Morgan fingerprint density at radius 2 is 1.66 bits per heavy atom. The third kappa shape index (κ3) is 8.31. The second kappa shape index (κ2) is 12.8. The highest BCUT2D eigenvalue weighted by Crippen LogP contribution is 2.34. The summed E-state index contributed by atoms with van der Waals surface area (Å²) in [5, 5.41) is 4.06. The molecule has 0 heterocycles. The van der Waals surface area contributed by atoms with Gasteiger partial charge < -0.3 is 4.74 Å². The van der Waals surface area contributed by atoms with E-state index in [-0.39, 0.29) is 5.91 Å². The van der Waals surface area contributed by atoms with Crippen molar-refractivity contribution in [2.24, 2.45) is 5.10 Å². The van der Waals surface area contributed by atoms with E-state index < -0.39 is 0 Å². The second-order valence-corrected chi connectivity index (χ2v) is 8.70. The van der Waals surface area contributed by atoms with Crippen LogP contribution < -0.4 is 10.2 Å². The number of hydrogen-bond acceptors (Lipinski definition) is 3. The maximum Gasteiger partial charge on any atom is 0.271 e. The maximum atomic E-state index is 12.1. The summed E-state index contributed by atoms with van der Waals surface area (Å²) in [7, 11) is 0. The van der Waals surface area contributed by atoms with E-state index in [2.05, 4.69) is 49.3 Å². The first kappa shape index (κ1) is 23.6. The van der Waals surface area contributed by atoms with Crippen LogP contribution in [0.5, 0.6) is 5.75 Å². The Balaban J connectivity index is 1.85. The molecule has 156 valence electrons. The standard InChI is InChI=1S/C23H28Br2N2O2/c1-3-4-5-6-7-8-13-29-22-20(24)14-18(15-21(22)25)16-26-27-23(28)19-11-9-17(2)10-12-19/h9-12,14-16H,3-8,13H2,1-2H3,(H,27,28)/b26-16+. The summed E-state index contributed by atoms with van der Waals surface area (Å²) >= 11 is 7.12. The highest BCUT2D eigenvalue weighted by atomic mass is 79.9. The quantitative estimate of drug-likeness (QED) is 0.195. The van der Waals surface area contributed by atoms with Crippen LogP contribution in [0.3, 0.4) is 0 Å². The van der Waals surface area contributed by atoms with Crippen molar-refractivity contribution in [1.82, 2.24) is 5.43 Å². The number of hydrazone groups is 1. The van der Waals surface area contributed by atoms with E-state index in [1.54, 1.807) is 18.3 Å². The Bertz CT molecular complexity index is 797. The van der Waals surface area contributed by atoms with Gasteiger partial charge in [0.2, 0.25) is 0 Å². The molecule has 2 aromatic rings. The fourth-order valence-corrected chi connectivity index (χ4v) is 4.23. The van der Waals surface area contributed by atoms with Gasteiger partial charge in [0, 0.05) is 5.56 Å². The van der Waals surface area contributed by atoms with E-state index in [0.717, 1.165) is 32.2 Å². The van der Waals surface area contributed by atoms with Gasteiger partial charge in [0.15, 0.2) is 0 Å². The van der Waals surface area contributed by atoms with Crippen molar-refractivity contribution < 1.29 is 9.53 Å². The summed E-state index contributed by atoms with van der Waals surface area (Å²) in [6.07, 6.45) is 9.01. The first-order valence-corrected chi connectivity index (χ1v) is 11.6. The van der Waals surface area contributed by atoms with Crippen molar-refractivity contribution in [2.75, 3.05) is 6.61 Å². The van der Waals surface area contributed by atoms with Crippen LogP contribution in [0.1, 0.15) is 66.9 Å². The zero-order valence-electron chi connectivity index (χ0n) is 17.0. The molecular formula is C23H28Br2N2O2. The molecule has 1 amide bonds. The lowest BCUT2D eigenvalue weighted by Gasteiger charge is -2.11. The van der Waals surface area contributed by atoms with Gasteiger partial charge in [0.05, 0.1) is 21.8 Å². The van der Waals surface area contributed by atoms with E-state index in [9.17, 15) is 4.79 Å².